The molecule has 2 aromatic carbocycles. The minimum absolute atomic E-state index is 0.000508. The van der Waals surface area contributed by atoms with Gasteiger partial charge in [-0.2, -0.15) is 0 Å². The van der Waals surface area contributed by atoms with Crippen molar-refractivity contribution in [2.75, 3.05) is 17.7 Å². The zero-order chi connectivity index (χ0) is 24.4. The highest BCUT2D eigenvalue weighted by Crippen LogP contribution is 2.29. The molecule has 11 heteroatoms. The van der Waals surface area contributed by atoms with Crippen molar-refractivity contribution in [2.45, 2.75) is 50.2 Å². The number of anilines is 2. The first-order chi connectivity index (χ1) is 15.4. The van der Waals surface area contributed by atoms with Crippen LogP contribution in [0.2, 0.25) is 0 Å². The lowest BCUT2D eigenvalue weighted by atomic mass is 10.2. The molecule has 178 valence electrons. The van der Waals surface area contributed by atoms with E-state index in [0.717, 1.165) is 25.0 Å². The standard InChI is InChI=1S/C22H26FN3O6S/c1-22(2,3)32-21(28)25-16-9-6-14(23)12-17(16)24-20(27)13-5-10-18(31-4)19(11-13)33(29,30)26-15-7-8-15/h5-6,9-12,15,26H,7-8H2,1-4H3,(H,24,27)(H,25,28). The molecular formula is C22H26FN3O6S. The Labute approximate surface area is 191 Å². The number of hydrogen-bond acceptors (Lipinski definition) is 6. The lowest BCUT2D eigenvalue weighted by Crippen LogP contribution is -2.28. The number of rotatable bonds is 7. The van der Waals surface area contributed by atoms with Gasteiger partial charge in [0.1, 0.15) is 22.1 Å². The molecule has 9 nitrogen and oxygen atoms in total. The van der Waals surface area contributed by atoms with Crippen molar-refractivity contribution in [1.29, 1.82) is 0 Å². The Balaban J connectivity index is 1.86. The third kappa shape index (κ3) is 6.65. The Morgan fingerprint density at radius 3 is 2.33 bits per heavy atom. The van der Waals surface area contributed by atoms with E-state index < -0.39 is 33.4 Å². The van der Waals surface area contributed by atoms with Crippen molar-refractivity contribution in [3.63, 3.8) is 0 Å². The predicted molar refractivity (Wildman–Crippen MR) is 121 cm³/mol. The van der Waals surface area contributed by atoms with E-state index in [4.69, 9.17) is 9.47 Å². The van der Waals surface area contributed by atoms with Gasteiger partial charge in [-0.05, 0) is 70.0 Å². The normalized spacial score (nSPS) is 13.8. The largest absolute Gasteiger partial charge is 0.495 e. The number of methoxy groups -OCH3 is 1. The second-order valence-corrected chi connectivity index (χ2v) is 10.2. The third-order valence-electron chi connectivity index (χ3n) is 4.48. The van der Waals surface area contributed by atoms with E-state index in [1.807, 2.05) is 0 Å². The second-order valence-electron chi connectivity index (χ2n) is 8.53. The smallest absolute Gasteiger partial charge is 0.412 e. The summed E-state index contributed by atoms with van der Waals surface area (Å²) in [6.45, 7) is 5.06. The monoisotopic (exact) mass is 479 g/mol. The minimum Gasteiger partial charge on any atom is -0.495 e. The molecule has 0 radical (unpaired) electrons. The summed E-state index contributed by atoms with van der Waals surface area (Å²) in [6.07, 6.45) is 0.706. The van der Waals surface area contributed by atoms with Crippen LogP contribution in [0.1, 0.15) is 44.0 Å². The maximum Gasteiger partial charge on any atom is 0.412 e. The molecule has 1 fully saturated rings. The number of hydrogen-bond donors (Lipinski definition) is 3. The van der Waals surface area contributed by atoms with Crippen molar-refractivity contribution in [3.8, 4) is 5.75 Å². The van der Waals surface area contributed by atoms with E-state index in [1.165, 1.54) is 31.4 Å². The topological polar surface area (TPSA) is 123 Å². The summed E-state index contributed by atoms with van der Waals surface area (Å²) in [5.74, 6) is -1.28. The zero-order valence-electron chi connectivity index (χ0n) is 18.7. The Morgan fingerprint density at radius 1 is 1.03 bits per heavy atom. The minimum atomic E-state index is -3.91. The fourth-order valence-corrected chi connectivity index (χ4v) is 4.35. The molecule has 2 amide bonds. The summed E-state index contributed by atoms with van der Waals surface area (Å²) in [5, 5.41) is 4.96. The number of ether oxygens (including phenoxy) is 2. The van der Waals surface area contributed by atoms with Gasteiger partial charge in [-0.15, -0.1) is 0 Å². The molecule has 0 aliphatic heterocycles. The van der Waals surface area contributed by atoms with Crippen LogP contribution >= 0.6 is 0 Å². The number of sulfonamides is 1. The van der Waals surface area contributed by atoms with E-state index in [9.17, 15) is 22.4 Å². The van der Waals surface area contributed by atoms with Gasteiger partial charge in [-0.3, -0.25) is 10.1 Å². The van der Waals surface area contributed by atoms with Crippen LogP contribution in [0, 0.1) is 5.82 Å². The fourth-order valence-electron chi connectivity index (χ4n) is 2.85. The first kappa shape index (κ1) is 24.5. The van der Waals surface area contributed by atoms with Crippen LogP contribution < -0.4 is 20.1 Å². The maximum absolute atomic E-state index is 13.9. The van der Waals surface area contributed by atoms with E-state index in [1.54, 1.807) is 20.8 Å². The molecule has 2 aromatic rings. The number of benzene rings is 2. The number of halogens is 1. The van der Waals surface area contributed by atoms with Crippen LogP contribution in [0.5, 0.6) is 5.75 Å². The summed E-state index contributed by atoms with van der Waals surface area (Å²) >= 11 is 0. The molecule has 1 saturated carbocycles. The summed E-state index contributed by atoms with van der Waals surface area (Å²) in [5.41, 5.74) is -0.676. The molecule has 3 rings (SSSR count). The lowest BCUT2D eigenvalue weighted by molar-refractivity contribution is 0.0635. The van der Waals surface area contributed by atoms with E-state index in [-0.39, 0.29) is 33.6 Å². The number of carbonyl (C=O) groups excluding carboxylic acids is 2. The molecule has 3 N–H and O–H groups in total. The molecule has 0 unspecified atom stereocenters. The fraction of sp³-hybridized carbons (Fsp3) is 0.364. The number of nitrogens with one attached hydrogen (secondary N) is 3. The van der Waals surface area contributed by atoms with Crippen LogP contribution in [0.3, 0.4) is 0 Å². The molecule has 1 aliphatic carbocycles. The average molecular weight is 480 g/mol. The number of carbonyl (C=O) groups is 2. The molecule has 0 aromatic heterocycles. The molecule has 0 saturated heterocycles. The van der Waals surface area contributed by atoms with Gasteiger partial charge in [0.2, 0.25) is 10.0 Å². The van der Waals surface area contributed by atoms with E-state index >= 15 is 0 Å². The average Bonchev–Trinajstić information content (AvgIpc) is 3.51. The SMILES string of the molecule is COc1ccc(C(=O)Nc2cc(F)ccc2NC(=O)OC(C)(C)C)cc1S(=O)(=O)NC1CC1. The molecule has 33 heavy (non-hydrogen) atoms. The third-order valence-corrected chi connectivity index (χ3v) is 6.02. The summed E-state index contributed by atoms with van der Waals surface area (Å²) in [6, 6.07) is 7.21. The Hall–Kier alpha value is -3.18. The Bertz CT molecular complexity index is 1170. The summed E-state index contributed by atoms with van der Waals surface area (Å²) in [4.78, 5) is 24.8. The summed E-state index contributed by atoms with van der Waals surface area (Å²) in [7, 11) is -2.58. The van der Waals surface area contributed by atoms with Crippen molar-refractivity contribution < 1.29 is 31.9 Å². The van der Waals surface area contributed by atoms with Gasteiger partial charge < -0.3 is 14.8 Å². The van der Waals surface area contributed by atoms with Crippen molar-refractivity contribution in [1.82, 2.24) is 4.72 Å². The van der Waals surface area contributed by atoms with Crippen molar-refractivity contribution >= 4 is 33.4 Å². The molecule has 1 aliphatic rings. The quantitative estimate of drug-likeness (QED) is 0.554. The van der Waals surface area contributed by atoms with Crippen LogP contribution in [-0.2, 0) is 14.8 Å². The highest BCUT2D eigenvalue weighted by molar-refractivity contribution is 7.89. The van der Waals surface area contributed by atoms with Gasteiger partial charge in [0, 0.05) is 11.6 Å². The molecular weight excluding hydrogens is 453 g/mol. The van der Waals surface area contributed by atoms with Gasteiger partial charge in [0.25, 0.3) is 5.91 Å². The molecule has 0 atom stereocenters. The molecule has 0 spiro atoms. The Kier molecular flexibility index (Phi) is 6.94. The highest BCUT2D eigenvalue weighted by Gasteiger charge is 2.30. The van der Waals surface area contributed by atoms with Gasteiger partial charge in [-0.1, -0.05) is 0 Å². The van der Waals surface area contributed by atoms with E-state index in [0.29, 0.717) is 0 Å². The maximum atomic E-state index is 13.9. The van der Waals surface area contributed by atoms with Gasteiger partial charge in [0.05, 0.1) is 18.5 Å². The first-order valence-electron chi connectivity index (χ1n) is 10.2. The zero-order valence-corrected chi connectivity index (χ0v) is 19.5. The molecule has 0 bridgehead atoms. The summed E-state index contributed by atoms with van der Waals surface area (Å²) < 4.78 is 52.1. The van der Waals surface area contributed by atoms with Gasteiger partial charge in [-0.25, -0.2) is 22.3 Å². The lowest BCUT2D eigenvalue weighted by Gasteiger charge is -2.20. The number of amides is 2. The predicted octanol–water partition coefficient (Wildman–Crippen LogP) is 3.87. The Morgan fingerprint density at radius 2 is 1.73 bits per heavy atom. The van der Waals surface area contributed by atoms with Crippen LogP contribution in [0.15, 0.2) is 41.3 Å². The van der Waals surface area contributed by atoms with Crippen molar-refractivity contribution in [2.24, 2.45) is 0 Å². The van der Waals surface area contributed by atoms with Gasteiger partial charge in [0.15, 0.2) is 0 Å². The van der Waals surface area contributed by atoms with Crippen LogP contribution in [-0.4, -0.2) is 39.2 Å². The second kappa shape index (κ2) is 9.36. The van der Waals surface area contributed by atoms with Crippen molar-refractivity contribution in [3.05, 3.63) is 47.8 Å². The van der Waals surface area contributed by atoms with Gasteiger partial charge >= 0.3 is 6.09 Å². The molecule has 0 heterocycles. The van der Waals surface area contributed by atoms with Crippen LogP contribution in [0.4, 0.5) is 20.6 Å². The van der Waals surface area contributed by atoms with E-state index in [2.05, 4.69) is 15.4 Å². The first-order valence-corrected chi connectivity index (χ1v) is 11.7. The highest BCUT2D eigenvalue weighted by atomic mass is 32.2. The van der Waals surface area contributed by atoms with Crippen LogP contribution in [0.25, 0.3) is 0 Å².